The van der Waals surface area contributed by atoms with Gasteiger partial charge in [0.2, 0.25) is 0 Å². The Bertz CT molecular complexity index is 626. The Morgan fingerprint density at radius 1 is 1.33 bits per heavy atom. The van der Waals surface area contributed by atoms with Gasteiger partial charge in [0, 0.05) is 19.8 Å². The number of nitrogens with zero attached hydrogens (tertiary/aromatic N) is 3. The number of anilines is 1. The molecular formula is C15H18N4O2. The van der Waals surface area contributed by atoms with Crippen LogP contribution < -0.4 is 15.4 Å². The average molecular weight is 286 g/mol. The number of hydrogen-bond donors (Lipinski definition) is 2. The molecule has 0 aliphatic heterocycles. The van der Waals surface area contributed by atoms with E-state index in [2.05, 4.69) is 10.1 Å². The number of hydrogen-bond acceptors (Lipinski definition) is 5. The maximum Gasteiger partial charge on any atom is 0.190 e. The molecule has 1 heterocycles. The quantitative estimate of drug-likeness (QED) is 0.379. The number of pyridine rings is 1. The summed E-state index contributed by atoms with van der Waals surface area (Å²) < 4.78 is 5.14. The van der Waals surface area contributed by atoms with Crippen molar-refractivity contribution in [1.82, 2.24) is 4.98 Å². The number of aromatic nitrogens is 1. The Morgan fingerprint density at radius 2 is 2.05 bits per heavy atom. The number of rotatable bonds is 5. The van der Waals surface area contributed by atoms with Crippen molar-refractivity contribution in [2.75, 3.05) is 19.1 Å². The minimum Gasteiger partial charge on any atom is -0.497 e. The minimum absolute atomic E-state index is 0.00724. The molecule has 6 nitrogen and oxygen atoms in total. The molecule has 0 saturated heterocycles. The van der Waals surface area contributed by atoms with Crippen molar-refractivity contribution in [2.24, 2.45) is 10.9 Å². The summed E-state index contributed by atoms with van der Waals surface area (Å²) in [4.78, 5) is 6.15. The first kappa shape index (κ1) is 14.6. The van der Waals surface area contributed by atoms with Crippen molar-refractivity contribution in [3.63, 3.8) is 0 Å². The van der Waals surface area contributed by atoms with Crippen molar-refractivity contribution in [3.05, 3.63) is 53.9 Å². The summed E-state index contributed by atoms with van der Waals surface area (Å²) in [6.07, 6.45) is 1.61. The smallest absolute Gasteiger partial charge is 0.190 e. The van der Waals surface area contributed by atoms with Crippen molar-refractivity contribution >= 4 is 11.5 Å². The van der Waals surface area contributed by atoms with E-state index in [4.69, 9.17) is 15.7 Å². The number of oxime groups is 1. The molecule has 0 radical (unpaired) electrons. The molecule has 21 heavy (non-hydrogen) atoms. The van der Waals surface area contributed by atoms with Gasteiger partial charge in [-0.2, -0.15) is 0 Å². The first-order chi connectivity index (χ1) is 10.2. The second-order valence-electron chi connectivity index (χ2n) is 4.56. The van der Waals surface area contributed by atoms with Gasteiger partial charge in [0.1, 0.15) is 11.4 Å². The van der Waals surface area contributed by atoms with Gasteiger partial charge in [-0.3, -0.25) is 4.98 Å². The molecule has 0 bridgehead atoms. The van der Waals surface area contributed by atoms with Crippen LogP contribution in [0, 0.1) is 0 Å². The fraction of sp³-hybridized carbons (Fsp3) is 0.200. The Labute approximate surface area is 123 Å². The highest BCUT2D eigenvalue weighted by molar-refractivity contribution is 6.00. The molecule has 0 unspecified atom stereocenters. The summed E-state index contributed by atoms with van der Waals surface area (Å²) in [6.45, 7) is 0.668. The van der Waals surface area contributed by atoms with Crippen LogP contribution in [-0.4, -0.2) is 30.2 Å². The van der Waals surface area contributed by atoms with Crippen LogP contribution in [-0.2, 0) is 6.54 Å². The Kier molecular flexibility index (Phi) is 4.61. The van der Waals surface area contributed by atoms with E-state index in [1.165, 1.54) is 0 Å². The maximum absolute atomic E-state index is 8.83. The van der Waals surface area contributed by atoms with Gasteiger partial charge in [-0.15, -0.1) is 0 Å². The highest BCUT2D eigenvalue weighted by Gasteiger charge is 2.12. The van der Waals surface area contributed by atoms with E-state index in [0.717, 1.165) is 17.0 Å². The van der Waals surface area contributed by atoms with Crippen LogP contribution in [0.3, 0.4) is 0 Å². The van der Waals surface area contributed by atoms with Crippen LogP contribution >= 0.6 is 0 Å². The predicted molar refractivity (Wildman–Crippen MR) is 81.8 cm³/mol. The van der Waals surface area contributed by atoms with Crippen LogP contribution in [0.1, 0.15) is 11.3 Å². The number of methoxy groups -OCH3 is 1. The highest BCUT2D eigenvalue weighted by Crippen LogP contribution is 2.20. The number of nitrogens with two attached hydrogens (primary N) is 1. The third-order valence-corrected chi connectivity index (χ3v) is 3.13. The van der Waals surface area contributed by atoms with Crippen LogP contribution in [0.25, 0.3) is 0 Å². The van der Waals surface area contributed by atoms with Gasteiger partial charge in [-0.25, -0.2) is 0 Å². The summed E-state index contributed by atoms with van der Waals surface area (Å²) in [5.41, 5.74) is 8.03. The first-order valence-corrected chi connectivity index (χ1v) is 6.42. The van der Waals surface area contributed by atoms with Gasteiger partial charge in [-0.05, 0) is 29.8 Å². The predicted octanol–water partition coefficient (Wildman–Crippen LogP) is 1.82. The Balaban J connectivity index is 2.21. The van der Waals surface area contributed by atoms with Crippen molar-refractivity contribution < 1.29 is 9.94 Å². The molecule has 0 amide bonds. The molecule has 1 aromatic carbocycles. The molecule has 2 rings (SSSR count). The zero-order chi connectivity index (χ0) is 15.2. The fourth-order valence-electron chi connectivity index (χ4n) is 2.04. The summed E-state index contributed by atoms with van der Waals surface area (Å²) >= 11 is 0. The van der Waals surface area contributed by atoms with Gasteiger partial charge in [-0.1, -0.05) is 17.3 Å². The molecule has 110 valence electrons. The zero-order valence-electron chi connectivity index (χ0n) is 12.0. The third kappa shape index (κ3) is 3.42. The molecule has 0 spiro atoms. The molecule has 0 aliphatic rings. The monoisotopic (exact) mass is 286 g/mol. The minimum atomic E-state index is -0.00724. The molecule has 1 aromatic heterocycles. The molecule has 0 fully saturated rings. The lowest BCUT2D eigenvalue weighted by Crippen LogP contribution is -2.23. The van der Waals surface area contributed by atoms with Crippen LogP contribution in [0.2, 0.25) is 0 Å². The summed E-state index contributed by atoms with van der Waals surface area (Å²) in [5.74, 6) is 0.812. The molecule has 0 saturated carbocycles. The lowest BCUT2D eigenvalue weighted by Gasteiger charge is -2.21. The van der Waals surface area contributed by atoms with Crippen molar-refractivity contribution in [1.29, 1.82) is 0 Å². The Morgan fingerprint density at radius 3 is 2.67 bits per heavy atom. The molecule has 3 N–H and O–H groups in total. The summed E-state index contributed by atoms with van der Waals surface area (Å²) in [7, 11) is 3.56. The molecular weight excluding hydrogens is 268 g/mol. The lowest BCUT2D eigenvalue weighted by molar-refractivity contribution is 0.318. The van der Waals surface area contributed by atoms with Gasteiger partial charge in [0.05, 0.1) is 12.8 Å². The number of benzene rings is 1. The van der Waals surface area contributed by atoms with Crippen LogP contribution in [0.5, 0.6) is 5.75 Å². The number of ether oxygens (including phenoxy) is 1. The summed E-state index contributed by atoms with van der Waals surface area (Å²) in [6, 6.07) is 11.5. The highest BCUT2D eigenvalue weighted by atomic mass is 16.5. The second-order valence-corrected chi connectivity index (χ2v) is 4.56. The van der Waals surface area contributed by atoms with Gasteiger partial charge < -0.3 is 20.6 Å². The van der Waals surface area contributed by atoms with E-state index in [1.54, 1.807) is 13.3 Å². The molecule has 0 aliphatic carbocycles. The second kappa shape index (κ2) is 6.60. The largest absolute Gasteiger partial charge is 0.497 e. The van der Waals surface area contributed by atoms with Crippen LogP contribution in [0.15, 0.2) is 47.8 Å². The SMILES string of the molecule is COc1ccc(CN(C)c2cccnc2/C(N)=N/O)cc1. The van der Waals surface area contributed by atoms with E-state index < -0.39 is 0 Å². The van der Waals surface area contributed by atoms with Gasteiger partial charge in [0.25, 0.3) is 0 Å². The topological polar surface area (TPSA) is 84.0 Å². The van der Waals surface area contributed by atoms with E-state index in [-0.39, 0.29) is 5.84 Å². The van der Waals surface area contributed by atoms with E-state index >= 15 is 0 Å². The lowest BCUT2D eigenvalue weighted by atomic mass is 10.2. The van der Waals surface area contributed by atoms with Crippen LogP contribution in [0.4, 0.5) is 5.69 Å². The third-order valence-electron chi connectivity index (χ3n) is 3.13. The zero-order valence-corrected chi connectivity index (χ0v) is 12.0. The molecule has 2 aromatic rings. The van der Waals surface area contributed by atoms with E-state index in [9.17, 15) is 0 Å². The van der Waals surface area contributed by atoms with Gasteiger partial charge in [0.15, 0.2) is 5.84 Å². The normalized spacial score (nSPS) is 11.2. The van der Waals surface area contributed by atoms with Crippen molar-refractivity contribution in [3.8, 4) is 5.75 Å². The molecule has 6 heteroatoms. The fourth-order valence-corrected chi connectivity index (χ4v) is 2.04. The Hall–Kier alpha value is -2.76. The van der Waals surface area contributed by atoms with Crippen molar-refractivity contribution in [2.45, 2.75) is 6.54 Å². The van der Waals surface area contributed by atoms with E-state index in [0.29, 0.717) is 12.2 Å². The molecule has 0 atom stereocenters. The summed E-state index contributed by atoms with van der Waals surface area (Å²) in [5, 5.41) is 11.9. The average Bonchev–Trinajstić information content (AvgIpc) is 2.54. The number of amidine groups is 1. The van der Waals surface area contributed by atoms with Gasteiger partial charge >= 0.3 is 0 Å². The first-order valence-electron chi connectivity index (χ1n) is 6.42. The maximum atomic E-state index is 8.83. The standard InChI is InChI=1S/C15H18N4O2/c1-19(10-11-5-7-12(21-2)8-6-11)13-4-3-9-17-14(13)15(16)18-20/h3-9,20H,10H2,1-2H3,(H2,16,18). The van der Waals surface area contributed by atoms with E-state index in [1.807, 2.05) is 48.3 Å².